The fourth-order valence-corrected chi connectivity index (χ4v) is 14.0. The van der Waals surface area contributed by atoms with E-state index in [-0.39, 0.29) is 66.9 Å². The molecule has 8 aliphatic rings. The zero-order valence-electron chi connectivity index (χ0n) is 41.7. The van der Waals surface area contributed by atoms with Crippen LogP contribution in [0.1, 0.15) is 136 Å². The summed E-state index contributed by atoms with van der Waals surface area (Å²) < 4.78 is -2.22. The van der Waals surface area contributed by atoms with E-state index in [0.29, 0.717) is 18.8 Å². The molecular weight excluding hydrogens is 1040 g/mol. The van der Waals surface area contributed by atoms with E-state index < -0.39 is 104 Å². The van der Waals surface area contributed by atoms with Gasteiger partial charge in [-0.2, -0.15) is 0 Å². The predicted octanol–water partition coefficient (Wildman–Crippen LogP) is 3.65. The highest BCUT2D eigenvalue weighted by molar-refractivity contribution is 6.52. The van der Waals surface area contributed by atoms with Gasteiger partial charge in [-0.15, -0.1) is 58.8 Å². The van der Waals surface area contributed by atoms with E-state index in [0.717, 1.165) is 103 Å². The lowest BCUT2D eigenvalue weighted by Gasteiger charge is -2.38. The number of carbonyl (C=O) groups is 7. The number of halogens is 5. The summed E-state index contributed by atoms with van der Waals surface area (Å²) in [5.41, 5.74) is 16.6. The zero-order valence-corrected chi connectivity index (χ0v) is 45.5. The monoisotopic (exact) mass is 1110 g/mol. The molecule has 0 aromatic rings. The minimum Gasteiger partial charge on any atom is -0.381 e. The van der Waals surface area contributed by atoms with Crippen LogP contribution in [0, 0.1) is 47.3 Å². The van der Waals surface area contributed by atoms with Crippen molar-refractivity contribution in [1.82, 2.24) is 31.1 Å². The van der Waals surface area contributed by atoms with Crippen LogP contribution in [0.25, 0.3) is 0 Å². The van der Waals surface area contributed by atoms with Gasteiger partial charge in [0.15, 0.2) is 12.2 Å². The van der Waals surface area contributed by atoms with Gasteiger partial charge in [-0.3, -0.25) is 28.8 Å². The van der Waals surface area contributed by atoms with E-state index >= 15 is 0 Å². The van der Waals surface area contributed by atoms with Gasteiger partial charge >= 0.3 is 6.03 Å². The molecule has 8 fully saturated rings. The Morgan fingerprint density at radius 1 is 0.597 bits per heavy atom. The molecule has 72 heavy (non-hydrogen) atoms. The topological polar surface area (TPSA) is 293 Å². The maximum absolute atomic E-state index is 14.1. The minimum atomic E-state index is -1.55. The summed E-state index contributed by atoms with van der Waals surface area (Å²) in [6, 6.07) is -5.45. The molecule has 2 heterocycles. The predicted molar refractivity (Wildman–Crippen MR) is 276 cm³/mol. The molecule has 0 bridgehead atoms. The standard InChI is InChI=1S/C27H43Cl2N5O5.C22H34Cl2N4O4.ClH/c1-26(2,3)33-25(39)32-19(15-10-5-4-6-11-15)24(38)34-13-16-18(27(16,28)29)20(34)23(37)31-17(21(35)22(30)36)12-14-8-7-9-14;23-22(24)13-10-28(21(32)16(25)12-7-2-1-3-8-12)17(15(13)22)20(31)27-14(18(29)19(26)30)9-11-5-4-6-11;/h14-21,35H,4-13H2,1-3H3,(H2,30,36)(H,31,37)(H2,32,33,39);11-18,29H,1-10,25H2,(H2,26,30)(H,27,31);1H/t16-,17?,18-,19-,20-,21?;13-,14?,15-,16-,17-,18?;/m00./s1. The molecule has 2 aliphatic heterocycles. The molecule has 8 amide bonds. The molecule has 12 atom stereocenters. The van der Waals surface area contributed by atoms with Crippen LogP contribution in [0.4, 0.5) is 4.79 Å². The summed E-state index contributed by atoms with van der Waals surface area (Å²) in [7, 11) is 0. The number of piperidine rings is 2. The van der Waals surface area contributed by atoms with Crippen molar-refractivity contribution in [2.45, 2.75) is 199 Å². The van der Waals surface area contributed by atoms with E-state index in [4.69, 9.17) is 63.6 Å². The Morgan fingerprint density at radius 3 is 1.35 bits per heavy atom. The molecule has 4 unspecified atom stereocenters. The van der Waals surface area contributed by atoms with Crippen LogP contribution in [0.15, 0.2) is 0 Å². The van der Waals surface area contributed by atoms with Crippen molar-refractivity contribution in [2.75, 3.05) is 13.1 Å². The lowest BCUT2D eigenvalue weighted by Crippen LogP contribution is -2.61. The van der Waals surface area contributed by atoms with Crippen LogP contribution in [-0.4, -0.2) is 137 Å². The maximum Gasteiger partial charge on any atom is 0.315 e. The van der Waals surface area contributed by atoms with Crippen LogP contribution in [0.5, 0.6) is 0 Å². The minimum absolute atomic E-state index is 0. The summed E-state index contributed by atoms with van der Waals surface area (Å²) in [5.74, 6) is -4.11. The Bertz CT molecular complexity index is 2000. The number of alkyl halides is 4. The molecule has 8 rings (SSSR count). The fourth-order valence-electron chi connectivity index (χ4n) is 12.3. The first-order chi connectivity index (χ1) is 33.3. The third-order valence-corrected chi connectivity index (χ3v) is 19.1. The number of nitrogens with two attached hydrogens (primary N) is 3. The molecule has 18 nitrogen and oxygen atoms in total. The summed E-state index contributed by atoms with van der Waals surface area (Å²) in [5, 5.41) is 32.2. The number of aliphatic hydroxyl groups excluding tert-OH is 2. The van der Waals surface area contributed by atoms with E-state index in [1.807, 2.05) is 20.8 Å². The third-order valence-electron chi connectivity index (χ3n) is 17.0. The number of nitrogens with zero attached hydrogens (tertiary/aromatic N) is 2. The van der Waals surface area contributed by atoms with Gasteiger partial charge in [-0.05, 0) is 83.0 Å². The number of hydrogen-bond acceptors (Lipinski definition) is 10. The summed E-state index contributed by atoms with van der Waals surface area (Å²) in [6.45, 7) is 6.05. The second-order valence-corrected chi connectivity index (χ2v) is 26.0. The largest absolute Gasteiger partial charge is 0.381 e. The van der Waals surface area contributed by atoms with Gasteiger partial charge < -0.3 is 58.5 Å². The smallest absolute Gasteiger partial charge is 0.315 e. The summed E-state index contributed by atoms with van der Waals surface area (Å²) >= 11 is 25.8. The first-order valence-electron chi connectivity index (χ1n) is 26.1. The van der Waals surface area contributed by atoms with Crippen LogP contribution in [-0.2, 0) is 28.8 Å². The van der Waals surface area contributed by atoms with E-state index in [1.54, 1.807) is 0 Å². The number of amides is 8. The molecule has 2 saturated heterocycles. The van der Waals surface area contributed by atoms with Crippen molar-refractivity contribution >= 4 is 100 Å². The molecule has 0 spiro atoms. The lowest BCUT2D eigenvalue weighted by molar-refractivity contribution is -0.143. The van der Waals surface area contributed by atoms with Gasteiger partial charge in [0.05, 0.1) is 18.1 Å². The fraction of sp³-hybridized carbons (Fsp3) is 0.857. The number of urea groups is 1. The van der Waals surface area contributed by atoms with Crippen molar-refractivity contribution in [3.05, 3.63) is 0 Å². The van der Waals surface area contributed by atoms with E-state index in [1.165, 1.54) is 9.80 Å². The second-order valence-electron chi connectivity index (χ2n) is 23.1. The number of rotatable bonds is 17. The van der Waals surface area contributed by atoms with Gasteiger partial charge in [-0.25, -0.2) is 4.79 Å². The molecule has 12 N–H and O–H groups in total. The molecule has 0 aromatic heterocycles. The van der Waals surface area contributed by atoms with Crippen LogP contribution in [0.3, 0.4) is 0 Å². The number of fused-ring (bicyclic) bond motifs is 2. The van der Waals surface area contributed by atoms with Crippen LogP contribution in [0.2, 0.25) is 0 Å². The van der Waals surface area contributed by atoms with Crippen molar-refractivity contribution in [1.29, 1.82) is 0 Å². The van der Waals surface area contributed by atoms with Gasteiger partial charge in [0.25, 0.3) is 0 Å². The number of carbonyl (C=O) groups excluding carboxylic acids is 7. The number of primary amides is 2. The number of nitrogens with one attached hydrogen (secondary N) is 4. The number of likely N-dealkylation sites (tertiary alicyclic amines) is 2. The quantitative estimate of drug-likeness (QED) is 0.0953. The van der Waals surface area contributed by atoms with Crippen molar-refractivity contribution in [2.24, 2.45) is 64.5 Å². The molecule has 0 aromatic carbocycles. The Kier molecular flexibility index (Phi) is 19.4. The van der Waals surface area contributed by atoms with Gasteiger partial charge in [0.1, 0.15) is 26.8 Å². The Morgan fingerprint density at radius 2 is 0.986 bits per heavy atom. The Labute approximate surface area is 449 Å². The maximum atomic E-state index is 14.1. The average molecular weight is 1110 g/mol. The lowest BCUT2D eigenvalue weighted by atomic mass is 9.79. The SMILES string of the molecule is CC(C)(C)NC(=O)N[C@H](C(=O)N1C[C@H]2[C@@H]([C@H]1C(=O)NC(CC1CCC1)C(O)C(N)=O)C2(Cl)Cl)C1CCCCC1.Cl.NC(=O)C(O)C(CC1CCC1)NC(=O)[C@@H]1[C@@H]2[C@H](CN1C(=O)[C@@H](N)C1CCCCC1)C2(Cl)Cl. The molecule has 6 aliphatic carbocycles. The second kappa shape index (κ2) is 23.8. The first kappa shape index (κ1) is 58.7. The van der Waals surface area contributed by atoms with Gasteiger partial charge in [0, 0.05) is 42.3 Å². The Hall–Kier alpha value is -2.58. The van der Waals surface area contributed by atoms with Gasteiger partial charge in [-0.1, -0.05) is 77.0 Å². The number of aliphatic hydroxyl groups is 2. The molecule has 408 valence electrons. The summed E-state index contributed by atoms with van der Waals surface area (Å²) in [4.78, 5) is 93.8. The molecule has 23 heteroatoms. The number of hydrogen-bond donors (Lipinski definition) is 9. The third kappa shape index (κ3) is 13.1. The van der Waals surface area contributed by atoms with E-state index in [9.17, 15) is 43.8 Å². The van der Waals surface area contributed by atoms with E-state index in [2.05, 4.69) is 21.3 Å². The van der Waals surface area contributed by atoms with Crippen molar-refractivity contribution in [3.63, 3.8) is 0 Å². The zero-order chi connectivity index (χ0) is 51.9. The highest BCUT2D eigenvalue weighted by Crippen LogP contribution is 2.66. The van der Waals surface area contributed by atoms with Crippen LogP contribution >= 0.6 is 58.8 Å². The van der Waals surface area contributed by atoms with Crippen molar-refractivity contribution < 1.29 is 43.8 Å². The first-order valence-corrected chi connectivity index (χ1v) is 27.6. The highest BCUT2D eigenvalue weighted by Gasteiger charge is 2.75. The molecular formula is C49H78Cl5N9O9. The Balaban J connectivity index is 0.000000236. The van der Waals surface area contributed by atoms with Crippen LogP contribution < -0.4 is 38.5 Å². The van der Waals surface area contributed by atoms with Gasteiger partial charge in [0.2, 0.25) is 35.4 Å². The molecule has 0 radical (unpaired) electrons. The average Bonchev–Trinajstić information content (AvgIpc) is 3.73. The summed E-state index contributed by atoms with van der Waals surface area (Å²) in [6.07, 6.45) is 13.5. The normalized spacial score (nSPS) is 30.0. The van der Waals surface area contributed by atoms with Crippen molar-refractivity contribution in [3.8, 4) is 0 Å². The highest BCUT2D eigenvalue weighted by atomic mass is 35.5. The molecule has 6 saturated carbocycles.